The van der Waals surface area contributed by atoms with Crippen LogP contribution in [-0.2, 0) is 19.1 Å². The quantitative estimate of drug-likeness (QED) is 0.245. The fraction of sp³-hybridized carbons (Fsp3) is 0.280. The van der Waals surface area contributed by atoms with Crippen LogP contribution in [0.4, 0.5) is 5.69 Å². The van der Waals surface area contributed by atoms with Crippen LogP contribution in [0.3, 0.4) is 0 Å². The van der Waals surface area contributed by atoms with Gasteiger partial charge in [0.25, 0.3) is 11.6 Å². The molecule has 0 bridgehead atoms. The first-order valence-corrected chi connectivity index (χ1v) is 11.0. The molecule has 0 saturated heterocycles. The van der Waals surface area contributed by atoms with Gasteiger partial charge in [0.1, 0.15) is 18.3 Å². The van der Waals surface area contributed by atoms with Crippen molar-refractivity contribution in [2.75, 3.05) is 20.3 Å². The van der Waals surface area contributed by atoms with Gasteiger partial charge in [-0.2, -0.15) is 0 Å². The molecular formula is C25H25N3O8. The normalized spacial score (nSPS) is 17.1. The number of carbonyl (C=O) groups excluding carboxylic acids is 3. The van der Waals surface area contributed by atoms with Gasteiger partial charge in [0, 0.05) is 35.0 Å². The van der Waals surface area contributed by atoms with Gasteiger partial charge in [-0.05, 0) is 43.7 Å². The molecular weight excluding hydrogens is 470 g/mol. The number of rotatable bonds is 8. The minimum Gasteiger partial charge on any atom is -0.508 e. The number of phenolic OH excluding ortho intramolecular Hbond substituents is 1. The second-order valence-corrected chi connectivity index (χ2v) is 8.02. The summed E-state index contributed by atoms with van der Waals surface area (Å²) >= 11 is 0. The van der Waals surface area contributed by atoms with E-state index in [0.29, 0.717) is 22.5 Å². The topological polar surface area (TPSA) is 157 Å². The molecule has 2 unspecified atom stereocenters. The minimum atomic E-state index is -0.988. The van der Waals surface area contributed by atoms with Crippen LogP contribution in [0.1, 0.15) is 35.7 Å². The van der Waals surface area contributed by atoms with Crippen molar-refractivity contribution in [1.82, 2.24) is 5.32 Å². The molecule has 2 N–H and O–H groups in total. The molecule has 36 heavy (non-hydrogen) atoms. The number of benzene rings is 2. The van der Waals surface area contributed by atoms with Crippen LogP contribution in [0.15, 0.2) is 64.8 Å². The number of nitro benzene ring substituents is 1. The standard InChI is InChI=1S/C25H25N3O8/c1-14-20(24(31)35-3)22(17-5-4-6-18(13-17)28(33)34)21(15(2)27-14)25(32)36-12-11-26-23(30)16-7-9-19(29)10-8-16/h4-10,13,20,22,29H,11-12H2,1-3H3,(H,26,30). The Labute approximate surface area is 206 Å². The van der Waals surface area contributed by atoms with Gasteiger partial charge in [-0.15, -0.1) is 0 Å². The zero-order chi connectivity index (χ0) is 26.4. The number of aliphatic imine (C=N–C) groups is 1. The Morgan fingerprint density at radius 1 is 1.14 bits per heavy atom. The number of methoxy groups -OCH3 is 1. The van der Waals surface area contributed by atoms with Crippen LogP contribution >= 0.6 is 0 Å². The van der Waals surface area contributed by atoms with Gasteiger partial charge in [0.05, 0.1) is 24.2 Å². The summed E-state index contributed by atoms with van der Waals surface area (Å²) in [4.78, 5) is 53.1. The third kappa shape index (κ3) is 5.74. The first-order valence-electron chi connectivity index (χ1n) is 11.0. The van der Waals surface area contributed by atoms with Crippen molar-refractivity contribution in [2.45, 2.75) is 19.8 Å². The number of nitrogens with zero attached hydrogens (tertiary/aromatic N) is 2. The summed E-state index contributed by atoms with van der Waals surface area (Å²) in [6, 6.07) is 11.3. The van der Waals surface area contributed by atoms with E-state index >= 15 is 0 Å². The van der Waals surface area contributed by atoms with E-state index in [4.69, 9.17) is 9.47 Å². The lowest BCUT2D eigenvalue weighted by Crippen LogP contribution is -2.36. The largest absolute Gasteiger partial charge is 0.508 e. The number of allylic oxidation sites excluding steroid dienone is 1. The van der Waals surface area contributed by atoms with Crippen molar-refractivity contribution in [1.29, 1.82) is 0 Å². The van der Waals surface area contributed by atoms with E-state index < -0.39 is 34.6 Å². The molecule has 2 aromatic carbocycles. The predicted octanol–water partition coefficient (Wildman–Crippen LogP) is 2.89. The van der Waals surface area contributed by atoms with Crippen LogP contribution in [0.25, 0.3) is 0 Å². The number of hydrogen-bond donors (Lipinski definition) is 2. The lowest BCUT2D eigenvalue weighted by atomic mass is 9.75. The van der Waals surface area contributed by atoms with E-state index in [0.717, 1.165) is 0 Å². The fourth-order valence-electron chi connectivity index (χ4n) is 4.03. The Morgan fingerprint density at radius 2 is 1.83 bits per heavy atom. The van der Waals surface area contributed by atoms with Crippen molar-refractivity contribution in [2.24, 2.45) is 10.9 Å². The number of carbonyl (C=O) groups is 3. The molecule has 1 amide bonds. The third-order valence-corrected chi connectivity index (χ3v) is 5.69. The predicted molar refractivity (Wildman–Crippen MR) is 129 cm³/mol. The molecule has 11 heteroatoms. The number of non-ortho nitro benzene ring substituents is 1. The van der Waals surface area contributed by atoms with Crippen molar-refractivity contribution >= 4 is 29.2 Å². The molecule has 11 nitrogen and oxygen atoms in total. The Morgan fingerprint density at radius 3 is 2.47 bits per heavy atom. The van der Waals surface area contributed by atoms with E-state index in [9.17, 15) is 29.6 Å². The third-order valence-electron chi connectivity index (χ3n) is 5.69. The van der Waals surface area contributed by atoms with Crippen LogP contribution in [-0.4, -0.2) is 53.8 Å². The second-order valence-electron chi connectivity index (χ2n) is 8.02. The van der Waals surface area contributed by atoms with Crippen molar-refractivity contribution < 1.29 is 33.9 Å². The molecule has 0 aromatic heterocycles. The zero-order valence-corrected chi connectivity index (χ0v) is 19.9. The number of hydrogen-bond acceptors (Lipinski definition) is 9. The number of amides is 1. The van der Waals surface area contributed by atoms with Crippen molar-refractivity contribution in [3.63, 3.8) is 0 Å². The summed E-state index contributed by atoms with van der Waals surface area (Å²) in [5.74, 6) is -3.72. The van der Waals surface area contributed by atoms with Gasteiger partial charge in [0.15, 0.2) is 0 Å². The van der Waals surface area contributed by atoms with Crippen molar-refractivity contribution in [3.05, 3.63) is 81.0 Å². The molecule has 0 fully saturated rings. The van der Waals surface area contributed by atoms with E-state index in [1.807, 2.05) is 0 Å². The molecule has 2 aromatic rings. The maximum atomic E-state index is 13.2. The highest BCUT2D eigenvalue weighted by Gasteiger charge is 2.42. The Balaban J connectivity index is 1.81. The van der Waals surface area contributed by atoms with Crippen molar-refractivity contribution in [3.8, 4) is 5.75 Å². The number of nitrogens with one attached hydrogen (secondary N) is 1. The van der Waals surface area contributed by atoms with E-state index in [-0.39, 0.29) is 30.2 Å². The Kier molecular flexibility index (Phi) is 8.15. The van der Waals surface area contributed by atoms with Gasteiger partial charge in [0.2, 0.25) is 0 Å². The number of aromatic hydroxyl groups is 1. The number of nitro groups is 1. The maximum absolute atomic E-state index is 13.2. The number of phenols is 1. The summed E-state index contributed by atoms with van der Waals surface area (Å²) in [5.41, 5.74) is 1.26. The smallest absolute Gasteiger partial charge is 0.336 e. The van der Waals surface area contributed by atoms with Crippen LogP contribution in [0, 0.1) is 16.0 Å². The monoisotopic (exact) mass is 495 g/mol. The van der Waals surface area contributed by atoms with Gasteiger partial charge >= 0.3 is 11.9 Å². The summed E-state index contributed by atoms with van der Waals surface area (Å²) < 4.78 is 10.3. The van der Waals surface area contributed by atoms with E-state index in [1.54, 1.807) is 19.9 Å². The number of esters is 2. The highest BCUT2D eigenvalue weighted by atomic mass is 16.6. The molecule has 1 heterocycles. The van der Waals surface area contributed by atoms with Gasteiger partial charge < -0.3 is 19.9 Å². The molecule has 3 rings (SSSR count). The molecule has 0 aliphatic carbocycles. The zero-order valence-electron chi connectivity index (χ0n) is 19.9. The van der Waals surface area contributed by atoms with Crippen LogP contribution < -0.4 is 5.32 Å². The fourth-order valence-corrected chi connectivity index (χ4v) is 4.03. The van der Waals surface area contributed by atoms with Gasteiger partial charge in [-0.1, -0.05) is 12.1 Å². The lowest BCUT2D eigenvalue weighted by Gasteiger charge is -2.31. The molecule has 2 atom stereocenters. The highest BCUT2D eigenvalue weighted by Crippen LogP contribution is 2.40. The molecule has 0 saturated carbocycles. The Hall–Kier alpha value is -4.54. The highest BCUT2D eigenvalue weighted by molar-refractivity contribution is 6.07. The summed E-state index contributed by atoms with van der Waals surface area (Å²) in [5, 5.41) is 23.3. The van der Waals surface area contributed by atoms with Gasteiger partial charge in [-0.3, -0.25) is 24.7 Å². The molecule has 0 spiro atoms. The van der Waals surface area contributed by atoms with E-state index in [1.165, 1.54) is 49.6 Å². The first-order chi connectivity index (χ1) is 17.1. The summed E-state index contributed by atoms with van der Waals surface area (Å²) in [6.07, 6.45) is 0. The van der Waals surface area contributed by atoms with Gasteiger partial charge in [-0.25, -0.2) is 4.79 Å². The SMILES string of the molecule is COC(=O)C1C(C)=NC(C)=C(C(=O)OCCNC(=O)c2ccc(O)cc2)C1c1cccc([N+](=O)[O-])c1. The molecule has 0 radical (unpaired) electrons. The summed E-state index contributed by atoms with van der Waals surface area (Å²) in [6.45, 7) is 3.04. The minimum absolute atomic E-state index is 0.00196. The lowest BCUT2D eigenvalue weighted by molar-refractivity contribution is -0.384. The average molecular weight is 495 g/mol. The molecule has 1 aliphatic heterocycles. The molecule has 1 aliphatic rings. The van der Waals surface area contributed by atoms with Crippen LogP contribution in [0.5, 0.6) is 5.75 Å². The first kappa shape index (κ1) is 26.1. The average Bonchev–Trinajstić information content (AvgIpc) is 2.85. The van der Waals surface area contributed by atoms with Crippen LogP contribution in [0.2, 0.25) is 0 Å². The van der Waals surface area contributed by atoms with E-state index in [2.05, 4.69) is 10.3 Å². The summed E-state index contributed by atoms with van der Waals surface area (Å²) in [7, 11) is 1.21. The molecule has 188 valence electrons. The second kappa shape index (κ2) is 11.3. The Bertz CT molecular complexity index is 1250. The number of ether oxygens (including phenoxy) is 2. The maximum Gasteiger partial charge on any atom is 0.336 e.